The van der Waals surface area contributed by atoms with Gasteiger partial charge in [0.2, 0.25) is 0 Å². The number of esters is 1. The fraction of sp³-hybridized carbons (Fsp3) is 0.444. The monoisotopic (exact) mass is 212 g/mol. The van der Waals surface area contributed by atoms with Gasteiger partial charge in [-0.2, -0.15) is 5.10 Å². The van der Waals surface area contributed by atoms with Gasteiger partial charge in [0.25, 0.3) is 0 Å². The smallest absolute Gasteiger partial charge is 0.330 e. The third-order valence-corrected chi connectivity index (χ3v) is 1.95. The van der Waals surface area contributed by atoms with Gasteiger partial charge in [0.1, 0.15) is 6.04 Å². The van der Waals surface area contributed by atoms with Crippen molar-refractivity contribution in [2.75, 3.05) is 7.11 Å². The summed E-state index contributed by atoms with van der Waals surface area (Å²) >= 11 is 0. The summed E-state index contributed by atoms with van der Waals surface area (Å²) in [5.41, 5.74) is 0.554. The number of aliphatic carboxylic acids is 1. The molecule has 0 spiro atoms. The zero-order valence-electron chi connectivity index (χ0n) is 8.51. The standard InChI is InChI=1S/C9H12N2O4/c1-6(9(14)15-2)11-5-7(4-10-11)3-8(12)13/h4-6H,3H2,1-2H3,(H,12,13). The highest BCUT2D eigenvalue weighted by molar-refractivity contribution is 5.73. The van der Waals surface area contributed by atoms with Gasteiger partial charge >= 0.3 is 11.9 Å². The van der Waals surface area contributed by atoms with Crippen LogP contribution in [0.25, 0.3) is 0 Å². The van der Waals surface area contributed by atoms with E-state index in [0.717, 1.165) is 0 Å². The fourth-order valence-electron chi connectivity index (χ4n) is 1.13. The van der Waals surface area contributed by atoms with Gasteiger partial charge in [-0.1, -0.05) is 0 Å². The van der Waals surface area contributed by atoms with Crippen molar-refractivity contribution < 1.29 is 19.4 Å². The summed E-state index contributed by atoms with van der Waals surface area (Å²) in [4.78, 5) is 21.6. The Kier molecular flexibility index (Phi) is 3.43. The predicted molar refractivity (Wildman–Crippen MR) is 50.3 cm³/mol. The molecule has 1 N–H and O–H groups in total. The third-order valence-electron chi connectivity index (χ3n) is 1.95. The van der Waals surface area contributed by atoms with Gasteiger partial charge < -0.3 is 9.84 Å². The van der Waals surface area contributed by atoms with Crippen molar-refractivity contribution in [2.45, 2.75) is 19.4 Å². The summed E-state index contributed by atoms with van der Waals surface area (Å²) in [6, 6.07) is -0.544. The number of ether oxygens (including phenoxy) is 1. The minimum absolute atomic E-state index is 0.103. The lowest BCUT2D eigenvalue weighted by Crippen LogP contribution is -2.18. The molecule has 0 saturated carbocycles. The van der Waals surface area contributed by atoms with Crippen molar-refractivity contribution in [3.8, 4) is 0 Å². The molecular weight excluding hydrogens is 200 g/mol. The van der Waals surface area contributed by atoms with Crippen LogP contribution in [0.15, 0.2) is 12.4 Å². The number of hydrogen-bond acceptors (Lipinski definition) is 4. The maximum Gasteiger partial charge on any atom is 0.330 e. The SMILES string of the molecule is COC(=O)C(C)n1cc(CC(=O)O)cn1. The number of methoxy groups -OCH3 is 1. The molecule has 0 bridgehead atoms. The highest BCUT2D eigenvalue weighted by Crippen LogP contribution is 2.08. The van der Waals surface area contributed by atoms with Gasteiger partial charge in [-0.15, -0.1) is 0 Å². The quantitative estimate of drug-likeness (QED) is 0.723. The van der Waals surface area contributed by atoms with Crippen LogP contribution in [0, 0.1) is 0 Å². The van der Waals surface area contributed by atoms with E-state index in [0.29, 0.717) is 5.56 Å². The van der Waals surface area contributed by atoms with Crippen LogP contribution in [-0.2, 0) is 20.7 Å². The molecule has 0 radical (unpaired) electrons. The Morgan fingerprint density at radius 2 is 2.33 bits per heavy atom. The van der Waals surface area contributed by atoms with Gasteiger partial charge in [0, 0.05) is 11.8 Å². The van der Waals surface area contributed by atoms with Gasteiger partial charge in [-0.3, -0.25) is 9.48 Å². The molecular formula is C9H12N2O4. The van der Waals surface area contributed by atoms with Crippen LogP contribution in [0.1, 0.15) is 18.5 Å². The van der Waals surface area contributed by atoms with E-state index in [1.54, 1.807) is 6.92 Å². The maximum absolute atomic E-state index is 11.1. The Bertz CT molecular complexity index is 372. The van der Waals surface area contributed by atoms with Crippen molar-refractivity contribution >= 4 is 11.9 Å². The highest BCUT2D eigenvalue weighted by Gasteiger charge is 2.16. The van der Waals surface area contributed by atoms with Crippen LogP contribution < -0.4 is 0 Å². The maximum atomic E-state index is 11.1. The lowest BCUT2D eigenvalue weighted by atomic mass is 10.2. The Balaban J connectivity index is 2.75. The normalized spacial score (nSPS) is 12.1. The van der Waals surface area contributed by atoms with Crippen LogP contribution in [0.4, 0.5) is 0 Å². The summed E-state index contributed by atoms with van der Waals surface area (Å²) < 4.78 is 5.92. The lowest BCUT2D eigenvalue weighted by molar-refractivity contribution is -0.144. The topological polar surface area (TPSA) is 81.4 Å². The number of nitrogens with zero attached hydrogens (tertiary/aromatic N) is 2. The summed E-state index contributed by atoms with van der Waals surface area (Å²) in [6.07, 6.45) is 2.84. The van der Waals surface area contributed by atoms with Crippen molar-refractivity contribution in [1.29, 1.82) is 0 Å². The van der Waals surface area contributed by atoms with E-state index in [4.69, 9.17) is 5.11 Å². The van der Waals surface area contributed by atoms with Gasteiger partial charge in [0.05, 0.1) is 19.7 Å². The summed E-state index contributed by atoms with van der Waals surface area (Å²) in [5, 5.41) is 12.4. The molecule has 1 aromatic heterocycles. The molecule has 6 nitrogen and oxygen atoms in total. The minimum Gasteiger partial charge on any atom is -0.481 e. The van der Waals surface area contributed by atoms with Crippen molar-refractivity contribution in [3.05, 3.63) is 18.0 Å². The highest BCUT2D eigenvalue weighted by atomic mass is 16.5. The Morgan fingerprint density at radius 3 is 2.87 bits per heavy atom. The Labute approximate surface area is 86.5 Å². The summed E-state index contributed by atoms with van der Waals surface area (Å²) in [7, 11) is 1.29. The average Bonchev–Trinajstić information content (AvgIpc) is 2.63. The van der Waals surface area contributed by atoms with Crippen molar-refractivity contribution in [3.63, 3.8) is 0 Å². The van der Waals surface area contributed by atoms with E-state index < -0.39 is 18.0 Å². The number of carboxylic acid groups (broad SMARTS) is 1. The molecule has 1 aromatic rings. The first-order valence-electron chi connectivity index (χ1n) is 4.37. The second-order valence-electron chi connectivity index (χ2n) is 3.10. The molecule has 6 heteroatoms. The summed E-state index contributed by atoms with van der Waals surface area (Å²) in [5.74, 6) is -1.35. The van der Waals surface area contributed by atoms with Crippen LogP contribution in [0.5, 0.6) is 0 Å². The number of hydrogen-bond donors (Lipinski definition) is 1. The molecule has 0 amide bonds. The second-order valence-corrected chi connectivity index (χ2v) is 3.10. The van der Waals surface area contributed by atoms with E-state index in [1.165, 1.54) is 24.2 Å². The van der Waals surface area contributed by atoms with Crippen LogP contribution >= 0.6 is 0 Å². The molecule has 1 rings (SSSR count). The lowest BCUT2D eigenvalue weighted by Gasteiger charge is -2.08. The molecule has 0 fully saturated rings. The molecule has 1 atom stereocenters. The number of carbonyl (C=O) groups is 2. The number of aromatic nitrogens is 2. The van der Waals surface area contributed by atoms with Crippen LogP contribution in [0.2, 0.25) is 0 Å². The zero-order valence-corrected chi connectivity index (χ0v) is 8.51. The van der Waals surface area contributed by atoms with Gasteiger partial charge in [-0.05, 0) is 6.92 Å². The molecule has 0 aliphatic carbocycles. The van der Waals surface area contributed by atoms with Crippen LogP contribution in [0.3, 0.4) is 0 Å². The Hall–Kier alpha value is -1.85. The van der Waals surface area contributed by atoms with E-state index in [1.807, 2.05) is 0 Å². The molecule has 82 valence electrons. The van der Waals surface area contributed by atoms with Crippen molar-refractivity contribution in [1.82, 2.24) is 9.78 Å². The third kappa shape index (κ3) is 2.80. The number of carboxylic acids is 1. The van der Waals surface area contributed by atoms with Gasteiger partial charge in [-0.25, -0.2) is 4.79 Å². The molecule has 1 unspecified atom stereocenters. The number of rotatable bonds is 4. The first kappa shape index (κ1) is 11.2. The second kappa shape index (κ2) is 4.59. The number of carbonyl (C=O) groups excluding carboxylic acids is 1. The predicted octanol–water partition coefficient (Wildman–Crippen LogP) is 0.244. The van der Waals surface area contributed by atoms with E-state index in [9.17, 15) is 9.59 Å². The zero-order chi connectivity index (χ0) is 11.4. The molecule has 0 aliphatic heterocycles. The van der Waals surface area contributed by atoms with E-state index in [-0.39, 0.29) is 6.42 Å². The Morgan fingerprint density at radius 1 is 1.67 bits per heavy atom. The van der Waals surface area contributed by atoms with E-state index in [2.05, 4.69) is 9.84 Å². The first-order valence-corrected chi connectivity index (χ1v) is 4.37. The van der Waals surface area contributed by atoms with E-state index >= 15 is 0 Å². The molecule has 0 aliphatic rings. The molecule has 0 saturated heterocycles. The molecule has 0 aromatic carbocycles. The summed E-state index contributed by atoms with van der Waals surface area (Å²) in [6.45, 7) is 1.63. The van der Waals surface area contributed by atoms with Crippen molar-refractivity contribution in [2.24, 2.45) is 0 Å². The average molecular weight is 212 g/mol. The molecule has 1 heterocycles. The molecule has 15 heavy (non-hydrogen) atoms. The first-order chi connectivity index (χ1) is 7.04. The van der Waals surface area contributed by atoms with Gasteiger partial charge in [0.15, 0.2) is 0 Å². The largest absolute Gasteiger partial charge is 0.481 e. The minimum atomic E-state index is -0.930. The van der Waals surface area contributed by atoms with Crippen LogP contribution in [-0.4, -0.2) is 33.9 Å². The fourth-order valence-corrected chi connectivity index (χ4v) is 1.13.